The number of halogens is 6. The van der Waals surface area contributed by atoms with Crippen molar-refractivity contribution in [1.82, 2.24) is 5.32 Å². The summed E-state index contributed by atoms with van der Waals surface area (Å²) < 4.78 is 83.6. The molecule has 0 fully saturated rings. The minimum atomic E-state index is -5.63. The Kier molecular flexibility index (Phi) is 11.3. The highest BCUT2D eigenvalue weighted by atomic mass is 19.4. The van der Waals surface area contributed by atoms with E-state index >= 15 is 0 Å². The maximum Gasteiger partial charge on any atom is 0.421 e. The van der Waals surface area contributed by atoms with Gasteiger partial charge in [0.15, 0.2) is 5.60 Å². The summed E-state index contributed by atoms with van der Waals surface area (Å²) in [5.41, 5.74) is -2.50. The molecular formula is C29H33F6NO4. The Morgan fingerprint density at radius 2 is 1.38 bits per heavy atom. The van der Waals surface area contributed by atoms with Crippen LogP contribution in [0.3, 0.4) is 0 Å². The van der Waals surface area contributed by atoms with Crippen LogP contribution in [0.15, 0.2) is 54.6 Å². The first-order chi connectivity index (χ1) is 18.7. The normalized spacial score (nSPS) is 13.4. The fourth-order valence-corrected chi connectivity index (χ4v) is 4.57. The van der Waals surface area contributed by atoms with Gasteiger partial charge in [-0.15, -0.1) is 0 Å². The third kappa shape index (κ3) is 7.61. The van der Waals surface area contributed by atoms with Crippen LogP contribution in [0.4, 0.5) is 26.3 Å². The molecule has 0 amide bonds. The van der Waals surface area contributed by atoms with Crippen LogP contribution in [0.25, 0.3) is 11.1 Å². The van der Waals surface area contributed by atoms with Crippen LogP contribution in [0.5, 0.6) is 0 Å². The summed E-state index contributed by atoms with van der Waals surface area (Å²) in [5, 5.41) is 39.8. The Morgan fingerprint density at radius 1 is 0.775 bits per heavy atom. The van der Waals surface area contributed by atoms with E-state index in [4.69, 9.17) is 5.11 Å². The zero-order valence-corrected chi connectivity index (χ0v) is 22.3. The third-order valence-electron chi connectivity index (χ3n) is 6.64. The molecule has 0 bridgehead atoms. The van der Waals surface area contributed by atoms with Crippen LogP contribution in [0.1, 0.15) is 45.4 Å². The smallest absolute Gasteiger partial charge is 0.400 e. The summed E-state index contributed by atoms with van der Waals surface area (Å²) >= 11 is 0. The summed E-state index contributed by atoms with van der Waals surface area (Å²) in [4.78, 5) is 0. The summed E-state index contributed by atoms with van der Waals surface area (Å²) in [6, 6.07) is 13.9. The molecule has 0 aliphatic heterocycles. The fourth-order valence-electron chi connectivity index (χ4n) is 4.57. The summed E-state index contributed by atoms with van der Waals surface area (Å²) in [7, 11) is 1.00. The SMILES string of the molecule is CO.Cc1cc(-c2ccccc2)c(C(O)(CC(F)(F)F)C(F)(F)F)c(CNCc2ccc(CO)c(CO)c2)c1C. The molecule has 220 valence electrons. The van der Waals surface area contributed by atoms with Gasteiger partial charge in [0.25, 0.3) is 0 Å². The van der Waals surface area contributed by atoms with Gasteiger partial charge in [0.1, 0.15) is 0 Å². The largest absolute Gasteiger partial charge is 0.421 e. The number of hydrogen-bond acceptors (Lipinski definition) is 5. The van der Waals surface area contributed by atoms with E-state index in [9.17, 15) is 41.7 Å². The van der Waals surface area contributed by atoms with E-state index in [1.165, 1.54) is 25.1 Å². The van der Waals surface area contributed by atoms with Crippen LogP contribution in [-0.4, -0.2) is 39.9 Å². The van der Waals surface area contributed by atoms with E-state index in [-0.39, 0.29) is 43.0 Å². The number of nitrogens with one attached hydrogen (secondary N) is 1. The zero-order valence-electron chi connectivity index (χ0n) is 22.3. The topological polar surface area (TPSA) is 93.0 Å². The minimum Gasteiger partial charge on any atom is -0.400 e. The molecule has 5 N–H and O–H groups in total. The Labute approximate surface area is 228 Å². The van der Waals surface area contributed by atoms with E-state index in [0.717, 1.165) is 7.11 Å². The Bertz CT molecular complexity index is 1260. The predicted molar refractivity (Wildman–Crippen MR) is 139 cm³/mol. The predicted octanol–water partition coefficient (Wildman–Crippen LogP) is 5.56. The number of rotatable bonds is 9. The lowest BCUT2D eigenvalue weighted by Gasteiger charge is -2.36. The Balaban J connectivity index is 0.00000274. The molecule has 0 saturated heterocycles. The van der Waals surface area contributed by atoms with Gasteiger partial charge in [0.2, 0.25) is 0 Å². The molecule has 5 nitrogen and oxygen atoms in total. The van der Waals surface area contributed by atoms with E-state index in [0.29, 0.717) is 27.8 Å². The summed E-state index contributed by atoms with van der Waals surface area (Å²) in [5.74, 6) is 0. The van der Waals surface area contributed by atoms with E-state index in [2.05, 4.69) is 5.32 Å². The molecule has 0 aromatic heterocycles. The quantitative estimate of drug-likeness (QED) is 0.217. The van der Waals surface area contributed by atoms with Crippen LogP contribution in [-0.2, 0) is 31.9 Å². The molecule has 11 heteroatoms. The number of aliphatic hydroxyl groups excluding tert-OH is 3. The Hall–Kier alpha value is -2.96. The van der Waals surface area contributed by atoms with Gasteiger partial charge in [-0.1, -0.05) is 54.6 Å². The van der Waals surface area contributed by atoms with Crippen LogP contribution in [0.2, 0.25) is 0 Å². The van der Waals surface area contributed by atoms with Crippen LogP contribution >= 0.6 is 0 Å². The second-order valence-corrected chi connectivity index (χ2v) is 9.26. The van der Waals surface area contributed by atoms with Crippen molar-refractivity contribution in [1.29, 1.82) is 0 Å². The number of benzene rings is 3. The minimum absolute atomic E-state index is 0.0812. The van der Waals surface area contributed by atoms with Crippen LogP contribution in [0, 0.1) is 13.8 Å². The molecule has 1 atom stereocenters. The number of alkyl halides is 6. The number of aliphatic hydroxyl groups is 4. The second kappa shape index (κ2) is 13.6. The highest BCUT2D eigenvalue weighted by Gasteiger charge is 2.61. The standard InChI is InChI=1S/C28H29F6NO3.CH4O/c1-17-10-23(20-6-4-3-5-7-20)25(26(38,28(32,33)34)16-27(29,30)31)24(18(17)2)13-35-12-19-8-9-21(14-36)22(11-19)15-37;1-2/h3-11,35-38H,12-16H2,1-2H3;2H,1H3. The second-order valence-electron chi connectivity index (χ2n) is 9.26. The van der Waals surface area contributed by atoms with Gasteiger partial charge in [-0.25, -0.2) is 0 Å². The van der Waals surface area contributed by atoms with Gasteiger partial charge in [-0.2, -0.15) is 26.3 Å². The van der Waals surface area contributed by atoms with Crippen molar-refractivity contribution in [3.63, 3.8) is 0 Å². The molecule has 0 heterocycles. The lowest BCUT2D eigenvalue weighted by atomic mass is 9.78. The molecule has 0 saturated carbocycles. The van der Waals surface area contributed by atoms with Crippen LogP contribution < -0.4 is 5.32 Å². The van der Waals surface area contributed by atoms with Crippen molar-refractivity contribution in [2.24, 2.45) is 0 Å². The Morgan fingerprint density at radius 3 is 1.90 bits per heavy atom. The summed E-state index contributed by atoms with van der Waals surface area (Å²) in [6.07, 6.45) is -13.4. The van der Waals surface area contributed by atoms with E-state index in [1.807, 2.05) is 0 Å². The lowest BCUT2D eigenvalue weighted by Crippen LogP contribution is -2.47. The highest BCUT2D eigenvalue weighted by molar-refractivity contribution is 5.72. The van der Waals surface area contributed by atoms with Crippen molar-refractivity contribution >= 4 is 0 Å². The van der Waals surface area contributed by atoms with Gasteiger partial charge in [-0.3, -0.25) is 0 Å². The number of aryl methyl sites for hydroxylation is 1. The first-order valence-corrected chi connectivity index (χ1v) is 12.2. The monoisotopic (exact) mass is 573 g/mol. The zero-order chi connectivity index (χ0) is 30.3. The van der Waals surface area contributed by atoms with Crippen molar-refractivity contribution in [3.8, 4) is 11.1 Å². The molecule has 0 aliphatic carbocycles. The van der Waals surface area contributed by atoms with Crippen molar-refractivity contribution in [3.05, 3.63) is 93.5 Å². The highest BCUT2D eigenvalue weighted by Crippen LogP contribution is 2.51. The third-order valence-corrected chi connectivity index (χ3v) is 6.64. The average molecular weight is 574 g/mol. The fraction of sp³-hybridized carbons (Fsp3) is 0.379. The van der Waals surface area contributed by atoms with Crippen molar-refractivity contribution in [2.75, 3.05) is 7.11 Å². The molecule has 3 aromatic rings. The van der Waals surface area contributed by atoms with E-state index < -0.39 is 29.9 Å². The van der Waals surface area contributed by atoms with Gasteiger partial charge in [0.05, 0.1) is 19.6 Å². The van der Waals surface area contributed by atoms with Gasteiger partial charge < -0.3 is 25.7 Å². The molecule has 3 aromatic carbocycles. The van der Waals surface area contributed by atoms with Gasteiger partial charge in [0, 0.05) is 25.8 Å². The average Bonchev–Trinajstić information content (AvgIpc) is 2.90. The molecule has 1 unspecified atom stereocenters. The molecular weight excluding hydrogens is 540 g/mol. The van der Waals surface area contributed by atoms with Gasteiger partial charge in [-0.05, 0) is 58.4 Å². The van der Waals surface area contributed by atoms with Gasteiger partial charge >= 0.3 is 12.4 Å². The molecule has 0 aliphatic rings. The first kappa shape index (κ1) is 33.2. The number of hydrogen-bond donors (Lipinski definition) is 5. The lowest BCUT2D eigenvalue weighted by molar-refractivity contribution is -0.300. The van der Waals surface area contributed by atoms with Crippen molar-refractivity contribution < 1.29 is 46.8 Å². The van der Waals surface area contributed by atoms with Crippen molar-refractivity contribution in [2.45, 2.75) is 64.5 Å². The molecule has 3 rings (SSSR count). The molecule has 0 spiro atoms. The summed E-state index contributed by atoms with van der Waals surface area (Å²) in [6.45, 7) is 2.38. The molecule has 40 heavy (non-hydrogen) atoms. The molecule has 0 radical (unpaired) electrons. The maximum atomic E-state index is 14.4. The van der Waals surface area contributed by atoms with E-state index in [1.54, 1.807) is 43.3 Å². The first-order valence-electron chi connectivity index (χ1n) is 12.2. The maximum absolute atomic E-state index is 14.4.